The van der Waals surface area contributed by atoms with Crippen LogP contribution in [0.5, 0.6) is 0 Å². The Kier molecular flexibility index (Phi) is 5.55. The zero-order chi connectivity index (χ0) is 18.9. The van der Waals surface area contributed by atoms with E-state index in [4.69, 9.17) is 0 Å². The molecule has 3 saturated carbocycles. The Morgan fingerprint density at radius 2 is 1.52 bits per heavy atom. The smallest absolute Gasteiger partial charge is 0.254 e. The van der Waals surface area contributed by atoms with E-state index in [-0.39, 0.29) is 16.8 Å². The molecule has 0 unspecified atom stereocenters. The first kappa shape index (κ1) is 18.9. The zero-order valence-electron chi connectivity index (χ0n) is 15.9. The third kappa shape index (κ3) is 4.37. The molecule has 3 aliphatic carbocycles. The summed E-state index contributed by atoms with van der Waals surface area (Å²) in [5.41, 5.74) is 0.502. The maximum absolute atomic E-state index is 13.3. The molecule has 3 aliphatic rings. The Hall–Kier alpha value is -1.40. The molecule has 0 saturated heterocycles. The average molecular weight is 391 g/mol. The Bertz CT molecular complexity index is 776. The van der Waals surface area contributed by atoms with Gasteiger partial charge in [-0.1, -0.05) is 38.2 Å². The molecule has 1 amide bonds. The molecule has 3 fully saturated rings. The number of carbonyl (C=O) groups is 1. The largest absolute Gasteiger partial charge is 0.333 e. The highest BCUT2D eigenvalue weighted by atomic mass is 32.2. The summed E-state index contributed by atoms with van der Waals surface area (Å²) in [6.07, 6.45) is 11.8. The van der Waals surface area contributed by atoms with Crippen LogP contribution in [0, 0.1) is 0 Å². The van der Waals surface area contributed by atoms with E-state index in [9.17, 15) is 13.2 Å². The van der Waals surface area contributed by atoms with E-state index in [0.717, 1.165) is 51.4 Å². The lowest BCUT2D eigenvalue weighted by Crippen LogP contribution is -2.43. The summed E-state index contributed by atoms with van der Waals surface area (Å²) in [5.74, 6) is 0.00214. The maximum Gasteiger partial charge on any atom is 0.254 e. The van der Waals surface area contributed by atoms with Crippen molar-refractivity contribution in [3.05, 3.63) is 29.8 Å². The molecular formula is C21H30N2O3S. The first-order chi connectivity index (χ1) is 13.0. The Morgan fingerprint density at radius 1 is 0.889 bits per heavy atom. The Balaban J connectivity index is 1.54. The van der Waals surface area contributed by atoms with Crippen molar-refractivity contribution < 1.29 is 13.2 Å². The third-order valence-corrected chi connectivity index (χ3v) is 7.73. The fourth-order valence-electron chi connectivity index (χ4n) is 4.62. The SMILES string of the molecule is O=C(c1cccc(S(=O)(=O)NC2CCCC2)c1)N(C1CCCCC1)C1CC1. The van der Waals surface area contributed by atoms with Crippen molar-refractivity contribution in [1.82, 2.24) is 9.62 Å². The molecule has 5 nitrogen and oxygen atoms in total. The Labute approximate surface area is 162 Å². The van der Waals surface area contributed by atoms with Crippen LogP contribution in [0.4, 0.5) is 0 Å². The summed E-state index contributed by atoms with van der Waals surface area (Å²) in [7, 11) is -3.58. The number of sulfonamides is 1. The fraction of sp³-hybridized carbons (Fsp3) is 0.667. The molecule has 0 bridgehead atoms. The van der Waals surface area contributed by atoms with Gasteiger partial charge in [0, 0.05) is 23.7 Å². The normalized spacial score (nSPS) is 22.1. The van der Waals surface area contributed by atoms with E-state index in [1.165, 1.54) is 19.3 Å². The van der Waals surface area contributed by atoms with Crippen molar-refractivity contribution >= 4 is 15.9 Å². The number of rotatable bonds is 6. The van der Waals surface area contributed by atoms with Crippen molar-refractivity contribution in [2.24, 2.45) is 0 Å². The van der Waals surface area contributed by atoms with Gasteiger partial charge < -0.3 is 4.90 Å². The van der Waals surface area contributed by atoms with E-state index in [0.29, 0.717) is 17.6 Å². The van der Waals surface area contributed by atoms with Crippen LogP contribution >= 0.6 is 0 Å². The molecule has 0 radical (unpaired) electrons. The molecule has 0 atom stereocenters. The lowest BCUT2D eigenvalue weighted by Gasteiger charge is -2.34. The summed E-state index contributed by atoms with van der Waals surface area (Å²) in [5, 5.41) is 0. The van der Waals surface area contributed by atoms with Gasteiger partial charge in [-0.3, -0.25) is 4.79 Å². The second kappa shape index (κ2) is 7.92. The van der Waals surface area contributed by atoms with Crippen molar-refractivity contribution in [3.8, 4) is 0 Å². The first-order valence-electron chi connectivity index (χ1n) is 10.5. The van der Waals surface area contributed by atoms with E-state index < -0.39 is 10.0 Å². The van der Waals surface area contributed by atoms with Crippen LogP contribution in [0.3, 0.4) is 0 Å². The van der Waals surface area contributed by atoms with Crippen molar-refractivity contribution in [2.45, 2.75) is 93.7 Å². The van der Waals surface area contributed by atoms with Crippen LogP contribution in [-0.2, 0) is 10.0 Å². The minimum absolute atomic E-state index is 0.00214. The number of hydrogen-bond donors (Lipinski definition) is 1. The van der Waals surface area contributed by atoms with Gasteiger partial charge in [-0.25, -0.2) is 13.1 Å². The van der Waals surface area contributed by atoms with Crippen LogP contribution in [0.25, 0.3) is 0 Å². The molecule has 0 aromatic heterocycles. The number of nitrogens with one attached hydrogen (secondary N) is 1. The summed E-state index contributed by atoms with van der Waals surface area (Å²) in [6, 6.07) is 7.30. The van der Waals surface area contributed by atoms with Crippen molar-refractivity contribution in [3.63, 3.8) is 0 Å². The highest BCUT2D eigenvalue weighted by Gasteiger charge is 2.38. The zero-order valence-corrected chi connectivity index (χ0v) is 16.7. The molecule has 0 spiro atoms. The number of nitrogens with zero attached hydrogens (tertiary/aromatic N) is 1. The molecule has 6 heteroatoms. The van der Waals surface area contributed by atoms with Gasteiger partial charge in [0.2, 0.25) is 10.0 Å². The lowest BCUT2D eigenvalue weighted by molar-refractivity contribution is 0.0613. The standard InChI is InChI=1S/C21H30N2O3S/c24-21(23(19-13-14-19)18-10-2-1-3-11-18)16-7-6-12-20(15-16)27(25,26)22-17-8-4-5-9-17/h6-7,12,15,17-19,22H,1-5,8-11,13-14H2. The maximum atomic E-state index is 13.3. The average Bonchev–Trinajstić information content (AvgIpc) is 3.38. The predicted molar refractivity (Wildman–Crippen MR) is 105 cm³/mol. The third-order valence-electron chi connectivity index (χ3n) is 6.21. The molecule has 27 heavy (non-hydrogen) atoms. The van der Waals surface area contributed by atoms with E-state index in [1.807, 2.05) is 0 Å². The van der Waals surface area contributed by atoms with E-state index >= 15 is 0 Å². The summed E-state index contributed by atoms with van der Waals surface area (Å²) in [4.78, 5) is 15.5. The van der Waals surface area contributed by atoms with Gasteiger partial charge in [0.25, 0.3) is 5.91 Å². The van der Waals surface area contributed by atoms with Gasteiger partial charge in [-0.05, 0) is 56.7 Å². The Morgan fingerprint density at radius 3 is 2.19 bits per heavy atom. The molecule has 0 aliphatic heterocycles. The molecule has 1 aromatic rings. The second-order valence-electron chi connectivity index (χ2n) is 8.37. The first-order valence-corrected chi connectivity index (χ1v) is 12.0. The minimum atomic E-state index is -3.58. The molecule has 1 N–H and O–H groups in total. The van der Waals surface area contributed by atoms with Gasteiger partial charge in [0.05, 0.1) is 4.90 Å². The molecule has 4 rings (SSSR count). The molecular weight excluding hydrogens is 360 g/mol. The number of carbonyl (C=O) groups excluding carboxylic acids is 1. The van der Waals surface area contributed by atoms with Gasteiger partial charge in [-0.15, -0.1) is 0 Å². The topological polar surface area (TPSA) is 66.5 Å². The van der Waals surface area contributed by atoms with Crippen molar-refractivity contribution in [1.29, 1.82) is 0 Å². The number of benzene rings is 1. The van der Waals surface area contributed by atoms with Gasteiger partial charge >= 0.3 is 0 Å². The highest BCUT2D eigenvalue weighted by Crippen LogP contribution is 2.35. The number of hydrogen-bond acceptors (Lipinski definition) is 3. The highest BCUT2D eigenvalue weighted by molar-refractivity contribution is 7.89. The lowest BCUT2D eigenvalue weighted by atomic mass is 9.93. The predicted octanol–water partition coefficient (Wildman–Crippen LogP) is 3.84. The van der Waals surface area contributed by atoms with Crippen LogP contribution in [0.15, 0.2) is 29.2 Å². The molecule has 0 heterocycles. The monoisotopic (exact) mass is 390 g/mol. The number of amides is 1. The quantitative estimate of drug-likeness (QED) is 0.802. The summed E-state index contributed by atoms with van der Waals surface area (Å²) >= 11 is 0. The fourth-order valence-corrected chi connectivity index (χ4v) is 5.97. The van der Waals surface area contributed by atoms with E-state index in [2.05, 4.69) is 9.62 Å². The van der Waals surface area contributed by atoms with Crippen LogP contribution in [0.2, 0.25) is 0 Å². The minimum Gasteiger partial charge on any atom is -0.333 e. The molecule has 1 aromatic carbocycles. The summed E-state index contributed by atoms with van der Waals surface area (Å²) in [6.45, 7) is 0. The van der Waals surface area contributed by atoms with Gasteiger partial charge in [0.15, 0.2) is 0 Å². The van der Waals surface area contributed by atoms with Crippen LogP contribution in [0.1, 0.15) is 81.0 Å². The van der Waals surface area contributed by atoms with Crippen molar-refractivity contribution in [2.75, 3.05) is 0 Å². The van der Waals surface area contributed by atoms with Crippen LogP contribution in [-0.4, -0.2) is 37.4 Å². The van der Waals surface area contributed by atoms with E-state index in [1.54, 1.807) is 24.3 Å². The van der Waals surface area contributed by atoms with Gasteiger partial charge in [0.1, 0.15) is 0 Å². The van der Waals surface area contributed by atoms with Crippen LogP contribution < -0.4 is 4.72 Å². The summed E-state index contributed by atoms with van der Waals surface area (Å²) < 4.78 is 28.3. The second-order valence-corrected chi connectivity index (χ2v) is 10.1. The van der Waals surface area contributed by atoms with Gasteiger partial charge in [-0.2, -0.15) is 0 Å². The molecule has 148 valence electrons.